The average molecular weight is 403 g/mol. The Morgan fingerprint density at radius 2 is 1.68 bits per heavy atom. The zero-order valence-corrected chi connectivity index (χ0v) is 16.5. The third kappa shape index (κ3) is 3.49. The number of aryl methyl sites for hydroxylation is 1. The molecule has 2 heterocycles. The van der Waals surface area contributed by atoms with Crippen LogP contribution in [0.2, 0.25) is 0 Å². The predicted octanol–water partition coefficient (Wildman–Crippen LogP) is 2.00. The van der Waals surface area contributed by atoms with E-state index in [1.807, 2.05) is 30.0 Å². The highest BCUT2D eigenvalue weighted by Gasteiger charge is 2.44. The van der Waals surface area contributed by atoms with Crippen LogP contribution >= 0.6 is 11.8 Å². The van der Waals surface area contributed by atoms with E-state index in [1.165, 1.54) is 21.6 Å². The van der Waals surface area contributed by atoms with Crippen LogP contribution in [-0.2, 0) is 11.2 Å². The van der Waals surface area contributed by atoms with E-state index >= 15 is 0 Å². The lowest BCUT2D eigenvalue weighted by molar-refractivity contribution is -0.231. The molecule has 2 aliphatic rings. The van der Waals surface area contributed by atoms with Gasteiger partial charge in [0, 0.05) is 16.6 Å². The van der Waals surface area contributed by atoms with Gasteiger partial charge in [-0.2, -0.15) is 0 Å². The van der Waals surface area contributed by atoms with Crippen LogP contribution in [0, 0.1) is 0 Å². The van der Waals surface area contributed by atoms with Crippen molar-refractivity contribution in [3.05, 3.63) is 64.7 Å². The average Bonchev–Trinajstić information content (AvgIpc) is 3.15. The van der Waals surface area contributed by atoms with Crippen LogP contribution in [0.25, 0.3) is 0 Å². The number of rotatable bonds is 4. The molecule has 0 aromatic heterocycles. The first kappa shape index (κ1) is 19.9. The van der Waals surface area contributed by atoms with Crippen LogP contribution in [0.4, 0.5) is 0 Å². The topological polar surface area (TPSA) is 90.2 Å². The molecule has 1 fully saturated rings. The van der Waals surface area contributed by atoms with Gasteiger partial charge in [-0.05, 0) is 34.7 Å². The summed E-state index contributed by atoms with van der Waals surface area (Å²) in [5, 5.41) is 40.0. The van der Waals surface area contributed by atoms with Crippen molar-refractivity contribution >= 4 is 11.8 Å². The van der Waals surface area contributed by atoms with Crippen molar-refractivity contribution in [2.75, 3.05) is 12.4 Å². The highest BCUT2D eigenvalue weighted by atomic mass is 32.2. The molecular weight excluding hydrogens is 376 g/mol. The van der Waals surface area contributed by atoms with Crippen molar-refractivity contribution in [1.29, 1.82) is 0 Å². The van der Waals surface area contributed by atoms with Gasteiger partial charge in [0.25, 0.3) is 0 Å². The SMILES string of the molecule is CCc1ccc([C@@H]2CSc3ccc(C4OC(CO)C(O)C(O)C4O)cc32)cc1. The van der Waals surface area contributed by atoms with Gasteiger partial charge >= 0.3 is 0 Å². The lowest BCUT2D eigenvalue weighted by Crippen LogP contribution is -2.55. The van der Waals surface area contributed by atoms with Gasteiger partial charge < -0.3 is 25.2 Å². The van der Waals surface area contributed by atoms with E-state index in [9.17, 15) is 20.4 Å². The lowest BCUT2D eigenvalue weighted by atomic mass is 9.87. The quantitative estimate of drug-likeness (QED) is 0.626. The van der Waals surface area contributed by atoms with E-state index in [1.54, 1.807) is 0 Å². The molecule has 0 radical (unpaired) electrons. The molecule has 6 heteroatoms. The van der Waals surface area contributed by atoms with E-state index in [4.69, 9.17) is 4.74 Å². The second kappa shape index (κ2) is 8.14. The van der Waals surface area contributed by atoms with Gasteiger partial charge in [0.05, 0.1) is 6.61 Å². The summed E-state index contributed by atoms with van der Waals surface area (Å²) in [6.45, 7) is 1.72. The molecule has 5 unspecified atom stereocenters. The van der Waals surface area contributed by atoms with Crippen LogP contribution in [0.3, 0.4) is 0 Å². The third-order valence-electron chi connectivity index (χ3n) is 5.83. The number of aliphatic hydroxyl groups is 4. The van der Waals surface area contributed by atoms with E-state index in [0.717, 1.165) is 17.7 Å². The number of hydrogen-bond donors (Lipinski definition) is 4. The first-order valence-corrected chi connectivity index (χ1v) is 10.7. The van der Waals surface area contributed by atoms with E-state index in [2.05, 4.69) is 31.2 Å². The zero-order valence-electron chi connectivity index (χ0n) is 15.7. The number of hydrogen-bond acceptors (Lipinski definition) is 6. The minimum Gasteiger partial charge on any atom is -0.394 e. The molecule has 1 saturated heterocycles. The molecule has 0 bridgehead atoms. The van der Waals surface area contributed by atoms with Gasteiger partial charge in [0.1, 0.15) is 30.5 Å². The summed E-state index contributed by atoms with van der Waals surface area (Å²) in [6.07, 6.45) is -4.65. The van der Waals surface area contributed by atoms with Crippen molar-refractivity contribution < 1.29 is 25.2 Å². The predicted molar refractivity (Wildman–Crippen MR) is 108 cm³/mol. The Labute approximate surface area is 169 Å². The van der Waals surface area contributed by atoms with Crippen molar-refractivity contribution in [1.82, 2.24) is 0 Å². The van der Waals surface area contributed by atoms with Gasteiger partial charge in [-0.3, -0.25) is 0 Å². The molecule has 2 aliphatic heterocycles. The lowest BCUT2D eigenvalue weighted by Gasteiger charge is -2.40. The van der Waals surface area contributed by atoms with Crippen molar-refractivity contribution in [2.24, 2.45) is 0 Å². The Morgan fingerprint density at radius 1 is 0.964 bits per heavy atom. The number of fused-ring (bicyclic) bond motifs is 1. The summed E-state index contributed by atoms with van der Waals surface area (Å²) in [7, 11) is 0. The van der Waals surface area contributed by atoms with Gasteiger partial charge in [0.2, 0.25) is 0 Å². The van der Waals surface area contributed by atoms with Gasteiger partial charge in [-0.15, -0.1) is 11.8 Å². The maximum atomic E-state index is 10.4. The smallest absolute Gasteiger partial charge is 0.113 e. The number of ether oxygens (including phenoxy) is 1. The minimum absolute atomic E-state index is 0.260. The standard InChI is InChI=1S/C22H26O5S/c1-2-12-3-5-13(6-4-12)16-11-28-18-8-7-14(9-15(16)18)22-21(26)20(25)19(24)17(10-23)27-22/h3-9,16-17,19-26H,2,10-11H2,1H3/t16-,17?,19?,20?,21?,22?/m0/s1. The molecule has 0 aliphatic carbocycles. The Morgan fingerprint density at radius 3 is 2.36 bits per heavy atom. The van der Waals surface area contributed by atoms with Crippen LogP contribution in [0.1, 0.15) is 41.2 Å². The molecular formula is C22H26O5S. The molecule has 28 heavy (non-hydrogen) atoms. The summed E-state index contributed by atoms with van der Waals surface area (Å²) >= 11 is 1.81. The van der Waals surface area contributed by atoms with E-state index in [-0.39, 0.29) is 5.92 Å². The van der Waals surface area contributed by atoms with Crippen LogP contribution in [0.15, 0.2) is 47.4 Å². The Hall–Kier alpha value is -1.41. The molecule has 6 atom stereocenters. The number of aliphatic hydroxyl groups excluding tert-OH is 4. The summed E-state index contributed by atoms with van der Waals surface area (Å²) in [6, 6.07) is 14.6. The van der Waals surface area contributed by atoms with Crippen molar-refractivity contribution in [2.45, 2.75) is 54.7 Å². The summed E-state index contributed by atoms with van der Waals surface area (Å²) in [5.74, 6) is 1.22. The van der Waals surface area contributed by atoms with Gasteiger partial charge in [-0.1, -0.05) is 43.3 Å². The van der Waals surface area contributed by atoms with Crippen LogP contribution in [-0.4, -0.2) is 57.2 Å². The second-order valence-electron chi connectivity index (χ2n) is 7.51. The molecule has 5 nitrogen and oxygen atoms in total. The normalized spacial score (nSPS) is 32.3. The summed E-state index contributed by atoms with van der Waals surface area (Å²) in [5.41, 5.74) is 4.50. The molecule has 0 amide bonds. The zero-order chi connectivity index (χ0) is 19.8. The largest absolute Gasteiger partial charge is 0.394 e. The fourth-order valence-corrected chi connectivity index (χ4v) is 5.30. The summed E-state index contributed by atoms with van der Waals surface area (Å²) < 4.78 is 5.73. The van der Waals surface area contributed by atoms with Crippen molar-refractivity contribution in [3.8, 4) is 0 Å². The van der Waals surface area contributed by atoms with E-state index in [0.29, 0.717) is 0 Å². The maximum absolute atomic E-state index is 10.4. The highest BCUT2D eigenvalue weighted by molar-refractivity contribution is 7.99. The molecule has 4 rings (SSSR count). The highest BCUT2D eigenvalue weighted by Crippen LogP contribution is 2.45. The monoisotopic (exact) mass is 402 g/mol. The van der Waals surface area contributed by atoms with Crippen molar-refractivity contribution in [3.63, 3.8) is 0 Å². The Bertz CT molecular complexity index is 822. The fourth-order valence-electron chi connectivity index (χ4n) is 4.05. The fraction of sp³-hybridized carbons (Fsp3) is 0.455. The molecule has 150 valence electrons. The molecule has 0 saturated carbocycles. The van der Waals surface area contributed by atoms with E-state index < -0.39 is 37.1 Å². The van der Waals surface area contributed by atoms with Gasteiger partial charge in [-0.25, -0.2) is 0 Å². The molecule has 0 spiro atoms. The first-order chi connectivity index (χ1) is 13.5. The number of benzene rings is 2. The Balaban J connectivity index is 1.64. The molecule has 2 aromatic rings. The minimum atomic E-state index is -1.36. The second-order valence-corrected chi connectivity index (χ2v) is 8.57. The number of thioether (sulfide) groups is 1. The maximum Gasteiger partial charge on any atom is 0.113 e. The Kier molecular flexibility index (Phi) is 5.78. The molecule has 4 N–H and O–H groups in total. The molecule has 2 aromatic carbocycles. The summed E-state index contributed by atoms with van der Waals surface area (Å²) in [4.78, 5) is 1.21. The van der Waals surface area contributed by atoms with Crippen LogP contribution in [0.5, 0.6) is 0 Å². The van der Waals surface area contributed by atoms with Crippen LogP contribution < -0.4 is 0 Å². The first-order valence-electron chi connectivity index (χ1n) is 9.69. The van der Waals surface area contributed by atoms with Gasteiger partial charge in [0.15, 0.2) is 0 Å². The third-order valence-corrected chi connectivity index (χ3v) is 7.01.